The van der Waals surface area contributed by atoms with Crippen molar-refractivity contribution in [3.8, 4) is 0 Å². The number of aryl methyl sites for hydroxylation is 2. The predicted octanol–water partition coefficient (Wildman–Crippen LogP) is 1.77. The third kappa shape index (κ3) is 1.95. The van der Waals surface area contributed by atoms with Gasteiger partial charge in [-0.05, 0) is 36.6 Å². The van der Waals surface area contributed by atoms with Gasteiger partial charge in [0.25, 0.3) is 5.91 Å². The first-order valence-corrected chi connectivity index (χ1v) is 6.83. The monoisotopic (exact) mass is 270 g/mol. The summed E-state index contributed by atoms with van der Waals surface area (Å²) in [5, 5.41) is 4.34. The second-order valence-electron chi connectivity index (χ2n) is 5.11. The van der Waals surface area contributed by atoms with E-state index >= 15 is 0 Å². The largest absolute Gasteiger partial charge is 0.399 e. The Kier molecular flexibility index (Phi) is 2.97. The Morgan fingerprint density at radius 1 is 1.45 bits per heavy atom. The van der Waals surface area contributed by atoms with E-state index in [-0.39, 0.29) is 5.91 Å². The number of amides is 1. The first-order chi connectivity index (χ1) is 9.60. The van der Waals surface area contributed by atoms with Crippen LogP contribution in [-0.4, -0.2) is 22.2 Å². The zero-order chi connectivity index (χ0) is 14.3. The lowest BCUT2D eigenvalue weighted by atomic mass is 10.1. The highest BCUT2D eigenvalue weighted by Crippen LogP contribution is 2.31. The Bertz CT molecular complexity index is 675. The Labute approximate surface area is 118 Å². The van der Waals surface area contributed by atoms with E-state index in [1.807, 2.05) is 37.1 Å². The Morgan fingerprint density at radius 2 is 2.25 bits per heavy atom. The first-order valence-electron chi connectivity index (χ1n) is 6.83. The van der Waals surface area contributed by atoms with Crippen molar-refractivity contribution in [3.63, 3.8) is 0 Å². The molecule has 0 saturated heterocycles. The minimum Gasteiger partial charge on any atom is -0.399 e. The number of rotatable bonds is 2. The first kappa shape index (κ1) is 12.7. The van der Waals surface area contributed by atoms with Gasteiger partial charge in [-0.1, -0.05) is 6.92 Å². The molecule has 0 atom stereocenters. The number of nitrogens with two attached hydrogens (primary N) is 1. The van der Waals surface area contributed by atoms with Gasteiger partial charge in [-0.15, -0.1) is 0 Å². The number of carbonyl (C=O) groups is 1. The van der Waals surface area contributed by atoms with Gasteiger partial charge in [-0.2, -0.15) is 5.10 Å². The smallest absolute Gasteiger partial charge is 0.261 e. The van der Waals surface area contributed by atoms with Gasteiger partial charge >= 0.3 is 0 Å². The summed E-state index contributed by atoms with van der Waals surface area (Å²) >= 11 is 0. The van der Waals surface area contributed by atoms with Crippen molar-refractivity contribution in [2.45, 2.75) is 19.8 Å². The normalized spacial score (nSPS) is 13.6. The maximum absolute atomic E-state index is 12.7. The van der Waals surface area contributed by atoms with E-state index in [1.165, 1.54) is 0 Å². The van der Waals surface area contributed by atoms with Crippen LogP contribution in [0.5, 0.6) is 0 Å². The fraction of sp³-hybridized carbons (Fsp3) is 0.333. The van der Waals surface area contributed by atoms with Gasteiger partial charge in [0.05, 0.1) is 11.3 Å². The average Bonchev–Trinajstić information content (AvgIpc) is 3.00. The summed E-state index contributed by atoms with van der Waals surface area (Å²) in [6.45, 7) is 2.72. The van der Waals surface area contributed by atoms with E-state index in [0.717, 1.165) is 35.5 Å². The van der Waals surface area contributed by atoms with Gasteiger partial charge in [-0.25, -0.2) is 0 Å². The average molecular weight is 270 g/mol. The van der Waals surface area contributed by atoms with Crippen LogP contribution in [-0.2, 0) is 19.9 Å². The number of hydrogen-bond acceptors (Lipinski definition) is 3. The molecule has 20 heavy (non-hydrogen) atoms. The molecule has 2 N–H and O–H groups in total. The van der Waals surface area contributed by atoms with Crippen molar-refractivity contribution in [2.75, 3.05) is 17.2 Å². The van der Waals surface area contributed by atoms with Crippen LogP contribution < -0.4 is 10.6 Å². The lowest BCUT2D eigenvalue weighted by molar-refractivity contribution is 0.0988. The molecule has 0 unspecified atom stereocenters. The molecule has 5 heteroatoms. The summed E-state index contributed by atoms with van der Waals surface area (Å²) in [5.41, 5.74) is 10.2. The lowest BCUT2D eigenvalue weighted by Gasteiger charge is -2.17. The molecule has 0 aliphatic carbocycles. The van der Waals surface area contributed by atoms with Crippen molar-refractivity contribution in [2.24, 2.45) is 7.05 Å². The number of aromatic nitrogens is 2. The van der Waals surface area contributed by atoms with Crippen molar-refractivity contribution in [1.82, 2.24) is 9.78 Å². The molecule has 1 aliphatic rings. The molecule has 1 aliphatic heterocycles. The quantitative estimate of drug-likeness (QED) is 0.846. The molecule has 2 aromatic rings. The number of anilines is 2. The standard InChI is InChI=1S/C15H18N4O/c1-3-13-12(9-18(2)17-13)15(20)19-7-6-10-8-11(16)4-5-14(10)19/h4-5,8-9H,3,6-7,16H2,1-2H3. The molecule has 1 amide bonds. The van der Waals surface area contributed by atoms with Crippen LogP contribution in [0, 0.1) is 0 Å². The van der Waals surface area contributed by atoms with Gasteiger partial charge in [0.15, 0.2) is 0 Å². The van der Waals surface area contributed by atoms with Crippen LogP contribution in [0.4, 0.5) is 11.4 Å². The van der Waals surface area contributed by atoms with Gasteiger partial charge in [-0.3, -0.25) is 9.48 Å². The van der Waals surface area contributed by atoms with Crippen LogP contribution in [0.2, 0.25) is 0 Å². The molecular formula is C15H18N4O. The number of fused-ring (bicyclic) bond motifs is 1. The Hall–Kier alpha value is -2.30. The topological polar surface area (TPSA) is 64.2 Å². The summed E-state index contributed by atoms with van der Waals surface area (Å²) in [6, 6.07) is 5.72. The minimum atomic E-state index is 0.0264. The van der Waals surface area contributed by atoms with Crippen LogP contribution in [0.25, 0.3) is 0 Å². The van der Waals surface area contributed by atoms with E-state index in [9.17, 15) is 4.79 Å². The number of nitrogen functional groups attached to an aromatic ring is 1. The Morgan fingerprint density at radius 3 is 3.00 bits per heavy atom. The highest BCUT2D eigenvalue weighted by molar-refractivity contribution is 6.08. The molecule has 0 spiro atoms. The van der Waals surface area contributed by atoms with E-state index in [2.05, 4.69) is 5.10 Å². The third-order valence-corrected chi connectivity index (χ3v) is 3.71. The van der Waals surface area contributed by atoms with Crippen molar-refractivity contribution >= 4 is 17.3 Å². The predicted molar refractivity (Wildman–Crippen MR) is 78.8 cm³/mol. The van der Waals surface area contributed by atoms with Crippen molar-refractivity contribution in [3.05, 3.63) is 41.2 Å². The molecule has 1 aromatic carbocycles. The van der Waals surface area contributed by atoms with Crippen LogP contribution in [0.3, 0.4) is 0 Å². The highest BCUT2D eigenvalue weighted by atomic mass is 16.2. The molecule has 0 saturated carbocycles. The molecule has 104 valence electrons. The zero-order valence-electron chi connectivity index (χ0n) is 11.8. The third-order valence-electron chi connectivity index (χ3n) is 3.71. The summed E-state index contributed by atoms with van der Waals surface area (Å²) < 4.78 is 1.70. The molecule has 0 radical (unpaired) electrons. The maximum atomic E-state index is 12.7. The summed E-state index contributed by atoms with van der Waals surface area (Å²) in [4.78, 5) is 14.6. The van der Waals surface area contributed by atoms with E-state index in [1.54, 1.807) is 10.9 Å². The zero-order valence-corrected chi connectivity index (χ0v) is 11.8. The Balaban J connectivity index is 1.97. The van der Waals surface area contributed by atoms with Gasteiger partial charge in [0.2, 0.25) is 0 Å². The van der Waals surface area contributed by atoms with Crippen LogP contribution in [0.1, 0.15) is 28.5 Å². The fourth-order valence-electron chi connectivity index (χ4n) is 2.75. The minimum absolute atomic E-state index is 0.0264. The lowest BCUT2D eigenvalue weighted by Crippen LogP contribution is -2.29. The van der Waals surface area contributed by atoms with E-state index < -0.39 is 0 Å². The summed E-state index contributed by atoms with van der Waals surface area (Å²) in [5.74, 6) is 0.0264. The second kappa shape index (κ2) is 4.67. The molecule has 2 heterocycles. The van der Waals surface area contributed by atoms with Crippen LogP contribution in [0.15, 0.2) is 24.4 Å². The molecular weight excluding hydrogens is 252 g/mol. The van der Waals surface area contributed by atoms with Gasteiger partial charge in [0.1, 0.15) is 0 Å². The fourth-order valence-corrected chi connectivity index (χ4v) is 2.75. The van der Waals surface area contributed by atoms with Crippen LogP contribution >= 0.6 is 0 Å². The molecule has 0 bridgehead atoms. The molecule has 3 rings (SSSR count). The summed E-state index contributed by atoms with van der Waals surface area (Å²) in [7, 11) is 1.84. The number of nitrogens with zero attached hydrogens (tertiary/aromatic N) is 3. The number of carbonyl (C=O) groups excluding carboxylic acids is 1. The summed E-state index contributed by atoms with van der Waals surface area (Å²) in [6.07, 6.45) is 3.41. The SMILES string of the molecule is CCc1nn(C)cc1C(=O)N1CCc2cc(N)ccc21. The molecule has 5 nitrogen and oxygen atoms in total. The van der Waals surface area contributed by atoms with Gasteiger partial charge in [0, 0.05) is 31.2 Å². The molecule has 0 fully saturated rings. The van der Waals surface area contributed by atoms with Crippen molar-refractivity contribution in [1.29, 1.82) is 0 Å². The number of benzene rings is 1. The molecule has 1 aromatic heterocycles. The van der Waals surface area contributed by atoms with Gasteiger partial charge < -0.3 is 10.6 Å². The van der Waals surface area contributed by atoms with Crippen molar-refractivity contribution < 1.29 is 4.79 Å². The maximum Gasteiger partial charge on any atom is 0.261 e. The number of hydrogen-bond donors (Lipinski definition) is 1. The van der Waals surface area contributed by atoms with E-state index in [4.69, 9.17) is 5.73 Å². The second-order valence-corrected chi connectivity index (χ2v) is 5.11. The van der Waals surface area contributed by atoms with E-state index in [0.29, 0.717) is 12.1 Å². The highest BCUT2D eigenvalue weighted by Gasteiger charge is 2.27.